The molecule has 1 amide bonds. The average molecular weight is 260 g/mol. The molecule has 0 bridgehead atoms. The molecule has 2 N–H and O–H groups in total. The Morgan fingerprint density at radius 1 is 1.32 bits per heavy atom. The molecule has 2 unspecified atom stereocenters. The van der Waals surface area contributed by atoms with Gasteiger partial charge in [-0.05, 0) is 31.4 Å². The summed E-state index contributed by atoms with van der Waals surface area (Å²) >= 11 is 0. The van der Waals surface area contributed by atoms with Gasteiger partial charge in [0.15, 0.2) is 0 Å². The van der Waals surface area contributed by atoms with Gasteiger partial charge in [-0.3, -0.25) is 0 Å². The Bertz CT molecular complexity index is 462. The number of hydrogen-bond acceptors (Lipinski definition) is 2. The molecule has 4 heteroatoms. The van der Waals surface area contributed by atoms with Crippen LogP contribution >= 0.6 is 0 Å². The van der Waals surface area contributed by atoms with E-state index in [4.69, 9.17) is 0 Å². The van der Waals surface area contributed by atoms with Crippen LogP contribution in [0.5, 0.6) is 0 Å². The SMILES string of the molecule is O=C(O)N1CCCC2(CCNC2c2ccccc2)C1. The predicted octanol–water partition coefficient (Wildman–Crippen LogP) is 2.48. The molecule has 1 aromatic carbocycles. The standard InChI is InChI=1S/C15H20N2O2/c18-14(19)17-10-4-7-15(11-17)8-9-16-13(15)12-5-2-1-3-6-12/h1-3,5-6,13,16H,4,7-11H2,(H,18,19). The van der Waals surface area contributed by atoms with Crippen molar-refractivity contribution in [2.24, 2.45) is 5.41 Å². The highest BCUT2D eigenvalue weighted by Crippen LogP contribution is 2.47. The monoisotopic (exact) mass is 260 g/mol. The second-order valence-corrected chi connectivity index (χ2v) is 5.72. The minimum atomic E-state index is -0.780. The van der Waals surface area contributed by atoms with Gasteiger partial charge in [0.25, 0.3) is 0 Å². The van der Waals surface area contributed by atoms with Crippen LogP contribution in [-0.2, 0) is 0 Å². The number of carboxylic acid groups (broad SMARTS) is 1. The molecule has 1 aromatic rings. The first-order valence-electron chi connectivity index (χ1n) is 6.97. The van der Waals surface area contributed by atoms with Crippen molar-refractivity contribution in [3.05, 3.63) is 35.9 Å². The maximum absolute atomic E-state index is 11.2. The third-order valence-electron chi connectivity index (χ3n) is 4.60. The molecular weight excluding hydrogens is 240 g/mol. The Morgan fingerprint density at radius 2 is 2.11 bits per heavy atom. The third-order valence-corrected chi connectivity index (χ3v) is 4.60. The molecule has 102 valence electrons. The summed E-state index contributed by atoms with van der Waals surface area (Å²) in [5, 5.41) is 12.8. The summed E-state index contributed by atoms with van der Waals surface area (Å²) in [7, 11) is 0. The zero-order chi connectivity index (χ0) is 13.3. The van der Waals surface area contributed by atoms with Crippen molar-refractivity contribution in [1.29, 1.82) is 0 Å². The van der Waals surface area contributed by atoms with Crippen LogP contribution in [0.1, 0.15) is 30.9 Å². The molecule has 2 atom stereocenters. The van der Waals surface area contributed by atoms with Crippen molar-refractivity contribution >= 4 is 6.09 Å². The van der Waals surface area contributed by atoms with E-state index in [1.54, 1.807) is 4.90 Å². The average Bonchev–Trinajstić information content (AvgIpc) is 2.83. The molecule has 3 rings (SSSR count). The molecule has 0 radical (unpaired) electrons. The van der Waals surface area contributed by atoms with Gasteiger partial charge in [0.2, 0.25) is 0 Å². The summed E-state index contributed by atoms with van der Waals surface area (Å²) in [5.74, 6) is 0. The lowest BCUT2D eigenvalue weighted by molar-refractivity contribution is 0.0690. The molecular formula is C15H20N2O2. The van der Waals surface area contributed by atoms with Gasteiger partial charge >= 0.3 is 6.09 Å². The van der Waals surface area contributed by atoms with Crippen LogP contribution in [0.3, 0.4) is 0 Å². The summed E-state index contributed by atoms with van der Waals surface area (Å²) < 4.78 is 0. The highest BCUT2D eigenvalue weighted by molar-refractivity contribution is 5.65. The van der Waals surface area contributed by atoms with E-state index in [2.05, 4.69) is 29.6 Å². The predicted molar refractivity (Wildman–Crippen MR) is 73.1 cm³/mol. The molecule has 2 fully saturated rings. The lowest BCUT2D eigenvalue weighted by Gasteiger charge is -2.43. The Hall–Kier alpha value is -1.55. The van der Waals surface area contributed by atoms with Gasteiger partial charge in [0.1, 0.15) is 0 Å². The minimum Gasteiger partial charge on any atom is -0.465 e. The number of nitrogens with one attached hydrogen (secondary N) is 1. The van der Waals surface area contributed by atoms with E-state index in [1.807, 2.05) is 6.07 Å². The lowest BCUT2D eigenvalue weighted by atomic mass is 9.72. The van der Waals surface area contributed by atoms with Crippen molar-refractivity contribution in [2.75, 3.05) is 19.6 Å². The van der Waals surface area contributed by atoms with Crippen molar-refractivity contribution in [3.63, 3.8) is 0 Å². The third kappa shape index (κ3) is 2.21. The highest BCUT2D eigenvalue weighted by atomic mass is 16.4. The molecule has 2 saturated heterocycles. The Balaban J connectivity index is 1.87. The first-order valence-corrected chi connectivity index (χ1v) is 6.97. The highest BCUT2D eigenvalue weighted by Gasteiger charge is 2.46. The van der Waals surface area contributed by atoms with Crippen molar-refractivity contribution in [1.82, 2.24) is 10.2 Å². The summed E-state index contributed by atoms with van der Waals surface area (Å²) in [6.07, 6.45) is 2.37. The van der Waals surface area contributed by atoms with E-state index < -0.39 is 6.09 Å². The number of hydrogen-bond donors (Lipinski definition) is 2. The Morgan fingerprint density at radius 3 is 2.84 bits per heavy atom. The van der Waals surface area contributed by atoms with Crippen molar-refractivity contribution < 1.29 is 9.90 Å². The van der Waals surface area contributed by atoms with E-state index in [9.17, 15) is 9.90 Å². The zero-order valence-electron chi connectivity index (χ0n) is 11.0. The van der Waals surface area contributed by atoms with E-state index >= 15 is 0 Å². The fourth-order valence-corrected chi connectivity index (χ4v) is 3.71. The smallest absolute Gasteiger partial charge is 0.407 e. The van der Waals surface area contributed by atoms with Crippen LogP contribution in [0.15, 0.2) is 30.3 Å². The lowest BCUT2D eigenvalue weighted by Crippen LogP contribution is -2.47. The van der Waals surface area contributed by atoms with Crippen LogP contribution in [0.2, 0.25) is 0 Å². The summed E-state index contributed by atoms with van der Waals surface area (Å²) in [5.41, 5.74) is 1.37. The van der Waals surface area contributed by atoms with Gasteiger partial charge in [0.05, 0.1) is 0 Å². The number of piperidine rings is 1. The first kappa shape index (κ1) is 12.5. The quantitative estimate of drug-likeness (QED) is 0.815. The summed E-state index contributed by atoms with van der Waals surface area (Å²) in [6, 6.07) is 10.7. The minimum absolute atomic E-state index is 0.0813. The fourth-order valence-electron chi connectivity index (χ4n) is 3.71. The first-order chi connectivity index (χ1) is 9.21. The summed E-state index contributed by atoms with van der Waals surface area (Å²) in [4.78, 5) is 12.8. The van der Waals surface area contributed by atoms with Crippen molar-refractivity contribution in [2.45, 2.75) is 25.3 Å². The largest absolute Gasteiger partial charge is 0.465 e. The second kappa shape index (κ2) is 4.85. The van der Waals surface area contributed by atoms with Crippen LogP contribution in [0.4, 0.5) is 4.79 Å². The van der Waals surface area contributed by atoms with Crippen LogP contribution in [-0.4, -0.2) is 35.7 Å². The number of carbonyl (C=O) groups is 1. The van der Waals surface area contributed by atoms with Crippen LogP contribution in [0.25, 0.3) is 0 Å². The van der Waals surface area contributed by atoms with E-state index in [0.29, 0.717) is 13.1 Å². The van der Waals surface area contributed by atoms with Gasteiger partial charge in [-0.2, -0.15) is 0 Å². The van der Waals surface area contributed by atoms with Crippen LogP contribution in [0, 0.1) is 5.41 Å². The summed E-state index contributed by atoms with van der Waals surface area (Å²) in [6.45, 7) is 2.32. The van der Waals surface area contributed by atoms with E-state index in [0.717, 1.165) is 25.8 Å². The Kier molecular flexibility index (Phi) is 3.19. The Labute approximate surface area is 113 Å². The number of likely N-dealkylation sites (tertiary alicyclic amines) is 1. The molecule has 0 saturated carbocycles. The molecule has 0 aromatic heterocycles. The molecule has 2 aliphatic rings. The number of benzene rings is 1. The fraction of sp³-hybridized carbons (Fsp3) is 0.533. The van der Waals surface area contributed by atoms with Gasteiger partial charge in [-0.1, -0.05) is 30.3 Å². The van der Waals surface area contributed by atoms with Crippen LogP contribution < -0.4 is 5.32 Å². The van der Waals surface area contributed by atoms with Gasteiger partial charge in [-0.25, -0.2) is 4.79 Å². The number of nitrogens with zero attached hydrogens (tertiary/aromatic N) is 1. The molecule has 4 nitrogen and oxygen atoms in total. The molecule has 2 aliphatic heterocycles. The number of rotatable bonds is 1. The maximum Gasteiger partial charge on any atom is 0.407 e. The van der Waals surface area contributed by atoms with Gasteiger partial charge in [-0.15, -0.1) is 0 Å². The zero-order valence-corrected chi connectivity index (χ0v) is 11.0. The van der Waals surface area contributed by atoms with Gasteiger partial charge in [0, 0.05) is 24.5 Å². The second-order valence-electron chi connectivity index (χ2n) is 5.72. The van der Waals surface area contributed by atoms with Gasteiger partial charge < -0.3 is 15.3 Å². The molecule has 19 heavy (non-hydrogen) atoms. The maximum atomic E-state index is 11.2. The topological polar surface area (TPSA) is 52.6 Å². The van der Waals surface area contributed by atoms with Crippen molar-refractivity contribution in [3.8, 4) is 0 Å². The molecule has 0 aliphatic carbocycles. The van der Waals surface area contributed by atoms with E-state index in [1.165, 1.54) is 5.56 Å². The van der Waals surface area contributed by atoms with E-state index in [-0.39, 0.29) is 11.5 Å². The molecule has 2 heterocycles. The normalized spacial score (nSPS) is 30.7. The molecule has 1 spiro atoms. The number of amides is 1.